The third kappa shape index (κ3) is 7.79. The monoisotopic (exact) mass is 673 g/mol. The third-order valence-electron chi connectivity index (χ3n) is 8.00. The Morgan fingerprint density at radius 3 is 2.62 bits per heavy atom. The van der Waals surface area contributed by atoms with Gasteiger partial charge in [0.1, 0.15) is 16.7 Å². The number of nitrogens with one attached hydrogen (secondary N) is 1. The molecule has 4 aromatic rings. The van der Waals surface area contributed by atoms with Gasteiger partial charge in [-0.25, -0.2) is 4.79 Å². The second kappa shape index (κ2) is 15.0. The molecule has 3 aromatic carbocycles. The Kier molecular flexibility index (Phi) is 10.4. The summed E-state index contributed by atoms with van der Waals surface area (Å²) in [7, 11) is 1.46. The molecule has 12 heteroatoms. The number of nitrogens with zero attached hydrogens (tertiary/aromatic N) is 2. The number of aromatic amines is 1. The molecule has 3 heterocycles. The zero-order chi connectivity index (χ0) is 32.8. The maximum Gasteiger partial charge on any atom is 0.335 e. The zero-order valence-corrected chi connectivity index (χ0v) is 27.5. The SMILES string of the molecule is COc1cc(C(=O)O)ccc1OCCCN1C(=O)C(=Cc2ccc(OCCN3CCOCC3)c(-c3ccc4[nH]ccc4c3)c2)SC1=S. The summed E-state index contributed by atoms with van der Waals surface area (Å²) < 4.78 is 23.4. The summed E-state index contributed by atoms with van der Waals surface area (Å²) in [6, 6.07) is 18.7. The van der Waals surface area contributed by atoms with Crippen molar-refractivity contribution in [2.24, 2.45) is 0 Å². The first-order chi connectivity index (χ1) is 22.9. The predicted octanol–water partition coefficient (Wildman–Crippen LogP) is 5.92. The number of rotatable bonds is 13. The number of ether oxygens (including phenoxy) is 4. The van der Waals surface area contributed by atoms with Crippen LogP contribution in [0.5, 0.6) is 17.2 Å². The first-order valence-electron chi connectivity index (χ1n) is 15.3. The minimum Gasteiger partial charge on any atom is -0.493 e. The lowest BCUT2D eigenvalue weighted by Gasteiger charge is -2.26. The molecule has 0 saturated carbocycles. The number of aromatic carboxylic acids is 1. The fourth-order valence-corrected chi connectivity index (χ4v) is 6.80. The normalized spacial score (nSPS) is 16.3. The van der Waals surface area contributed by atoms with Gasteiger partial charge in [0.2, 0.25) is 0 Å². The van der Waals surface area contributed by atoms with Crippen LogP contribution in [0.25, 0.3) is 28.1 Å². The highest BCUT2D eigenvalue weighted by molar-refractivity contribution is 8.26. The molecule has 2 aliphatic rings. The molecular weight excluding hydrogens is 639 g/mol. The second-order valence-corrected chi connectivity index (χ2v) is 12.7. The van der Waals surface area contributed by atoms with Crippen molar-refractivity contribution < 1.29 is 33.6 Å². The number of aromatic nitrogens is 1. The maximum absolute atomic E-state index is 13.4. The minimum atomic E-state index is -1.05. The number of thiocarbonyl (C=S) groups is 1. The van der Waals surface area contributed by atoms with Gasteiger partial charge in [-0.3, -0.25) is 14.6 Å². The highest BCUT2D eigenvalue weighted by atomic mass is 32.2. The van der Waals surface area contributed by atoms with Crippen LogP contribution in [0.15, 0.2) is 71.8 Å². The Bertz CT molecular complexity index is 1820. The lowest BCUT2D eigenvalue weighted by Crippen LogP contribution is -2.38. The molecule has 6 rings (SSSR count). The van der Waals surface area contributed by atoms with Crippen LogP contribution < -0.4 is 14.2 Å². The predicted molar refractivity (Wildman–Crippen MR) is 186 cm³/mol. The van der Waals surface area contributed by atoms with E-state index in [-0.39, 0.29) is 11.5 Å². The fraction of sp³-hybridized carbons (Fsp3) is 0.286. The van der Waals surface area contributed by atoms with Crippen molar-refractivity contribution in [1.82, 2.24) is 14.8 Å². The molecule has 1 amide bonds. The highest BCUT2D eigenvalue weighted by Gasteiger charge is 2.31. The van der Waals surface area contributed by atoms with Crippen LogP contribution in [-0.4, -0.2) is 95.8 Å². The maximum atomic E-state index is 13.4. The second-order valence-electron chi connectivity index (χ2n) is 11.0. The van der Waals surface area contributed by atoms with Gasteiger partial charge >= 0.3 is 5.97 Å². The molecular formula is C35H35N3O7S2. The Morgan fingerprint density at radius 2 is 1.81 bits per heavy atom. The third-order valence-corrected chi connectivity index (χ3v) is 9.38. The number of hydrogen-bond donors (Lipinski definition) is 2. The van der Waals surface area contributed by atoms with E-state index in [1.165, 1.54) is 31.0 Å². The topological polar surface area (TPSA) is 114 Å². The number of amides is 1. The number of carboxylic acid groups (broad SMARTS) is 1. The van der Waals surface area contributed by atoms with Crippen LogP contribution in [0.2, 0.25) is 0 Å². The molecule has 2 fully saturated rings. The average molecular weight is 674 g/mol. The van der Waals surface area contributed by atoms with Gasteiger partial charge < -0.3 is 29.0 Å². The van der Waals surface area contributed by atoms with E-state index in [4.69, 9.17) is 31.2 Å². The Morgan fingerprint density at radius 1 is 1.00 bits per heavy atom. The number of morpholine rings is 1. The number of benzene rings is 3. The van der Waals surface area contributed by atoms with Crippen LogP contribution in [-0.2, 0) is 9.53 Å². The van der Waals surface area contributed by atoms with Crippen LogP contribution in [0, 0.1) is 0 Å². The lowest BCUT2D eigenvalue weighted by atomic mass is 10.00. The molecule has 0 unspecified atom stereocenters. The van der Waals surface area contributed by atoms with Gasteiger partial charge in [-0.05, 0) is 77.5 Å². The molecule has 0 spiro atoms. The van der Waals surface area contributed by atoms with Crippen LogP contribution >= 0.6 is 24.0 Å². The lowest BCUT2D eigenvalue weighted by molar-refractivity contribution is -0.122. The number of carbonyl (C=O) groups excluding carboxylic acids is 1. The Labute approximate surface area is 282 Å². The Balaban J connectivity index is 1.13. The molecule has 0 radical (unpaired) electrons. The van der Waals surface area contributed by atoms with Gasteiger partial charge in [-0.15, -0.1) is 0 Å². The van der Waals surface area contributed by atoms with Gasteiger partial charge in [0, 0.05) is 43.5 Å². The number of hydrogen-bond acceptors (Lipinski definition) is 9. The number of fused-ring (bicyclic) bond motifs is 1. The summed E-state index contributed by atoms with van der Waals surface area (Å²) in [5, 5.41) is 10.3. The van der Waals surface area contributed by atoms with E-state index in [0.717, 1.165) is 66.2 Å². The summed E-state index contributed by atoms with van der Waals surface area (Å²) in [6.45, 7) is 5.35. The van der Waals surface area contributed by atoms with E-state index in [1.807, 2.05) is 30.5 Å². The molecule has 2 aliphatic heterocycles. The van der Waals surface area contributed by atoms with Gasteiger partial charge in [0.25, 0.3) is 5.91 Å². The van der Waals surface area contributed by atoms with Gasteiger partial charge in [-0.2, -0.15) is 0 Å². The van der Waals surface area contributed by atoms with Crippen molar-refractivity contribution in [2.45, 2.75) is 6.42 Å². The first-order valence-corrected chi connectivity index (χ1v) is 16.6. The van der Waals surface area contributed by atoms with Crippen molar-refractivity contribution in [3.05, 3.63) is 82.9 Å². The van der Waals surface area contributed by atoms with E-state index in [1.54, 1.807) is 11.0 Å². The molecule has 0 bridgehead atoms. The summed E-state index contributed by atoms with van der Waals surface area (Å²) >= 11 is 6.85. The number of H-pyrrole nitrogens is 1. The molecule has 2 N–H and O–H groups in total. The summed E-state index contributed by atoms with van der Waals surface area (Å²) in [5.74, 6) is 0.356. The van der Waals surface area contributed by atoms with Crippen molar-refractivity contribution in [3.63, 3.8) is 0 Å². The fourth-order valence-electron chi connectivity index (χ4n) is 5.49. The number of thioether (sulfide) groups is 1. The van der Waals surface area contributed by atoms with Gasteiger partial charge in [0.05, 0.1) is 37.4 Å². The number of carboxylic acids is 1. The molecule has 10 nitrogen and oxygen atoms in total. The quantitative estimate of drug-likeness (QED) is 0.101. The zero-order valence-electron chi connectivity index (χ0n) is 25.9. The standard InChI is InChI=1S/C35H35N3O7S2/c1-42-31-22-26(34(40)41)5-8-30(31)44-15-2-11-38-33(39)32(47-35(38)46)20-23-3-7-29(45-18-14-37-12-16-43-17-13-37)27(19-23)24-4-6-28-25(21-24)9-10-36-28/h3-10,19-22,36H,2,11-18H2,1H3,(H,40,41). The van der Waals surface area contributed by atoms with Crippen LogP contribution in [0.1, 0.15) is 22.3 Å². The molecule has 47 heavy (non-hydrogen) atoms. The molecule has 0 aliphatic carbocycles. The van der Waals surface area contributed by atoms with Crippen molar-refractivity contribution in [2.75, 3.05) is 59.7 Å². The van der Waals surface area contributed by atoms with Crippen molar-refractivity contribution in [1.29, 1.82) is 0 Å². The minimum absolute atomic E-state index is 0.110. The Hall–Kier alpha value is -4.36. The van der Waals surface area contributed by atoms with E-state index in [9.17, 15) is 14.7 Å². The largest absolute Gasteiger partial charge is 0.493 e. The van der Waals surface area contributed by atoms with Crippen LogP contribution in [0.3, 0.4) is 0 Å². The van der Waals surface area contributed by atoms with E-state index >= 15 is 0 Å². The molecule has 1 aromatic heterocycles. The van der Waals surface area contributed by atoms with Crippen molar-refractivity contribution >= 4 is 57.2 Å². The summed E-state index contributed by atoms with van der Waals surface area (Å²) in [4.78, 5) is 32.4. The van der Waals surface area contributed by atoms with Gasteiger partial charge in [0.15, 0.2) is 11.5 Å². The first kappa shape index (κ1) is 32.6. The number of methoxy groups -OCH3 is 1. The average Bonchev–Trinajstić information content (AvgIpc) is 3.66. The van der Waals surface area contributed by atoms with E-state index in [2.05, 4.69) is 34.1 Å². The van der Waals surface area contributed by atoms with Crippen molar-refractivity contribution in [3.8, 4) is 28.4 Å². The molecule has 244 valence electrons. The number of carbonyl (C=O) groups is 2. The van der Waals surface area contributed by atoms with Gasteiger partial charge in [-0.1, -0.05) is 36.1 Å². The smallest absolute Gasteiger partial charge is 0.335 e. The molecule has 0 atom stereocenters. The van der Waals surface area contributed by atoms with E-state index < -0.39 is 5.97 Å². The van der Waals surface area contributed by atoms with E-state index in [0.29, 0.717) is 46.9 Å². The summed E-state index contributed by atoms with van der Waals surface area (Å²) in [6.07, 6.45) is 4.32. The highest BCUT2D eigenvalue weighted by Crippen LogP contribution is 2.37. The molecule has 2 saturated heterocycles. The summed E-state index contributed by atoms with van der Waals surface area (Å²) in [5.41, 5.74) is 4.01. The van der Waals surface area contributed by atoms with Crippen LogP contribution in [0.4, 0.5) is 0 Å².